The van der Waals surface area contributed by atoms with Crippen LogP contribution < -0.4 is 10.6 Å². The van der Waals surface area contributed by atoms with Gasteiger partial charge in [-0.05, 0) is 19.4 Å². The highest BCUT2D eigenvalue weighted by molar-refractivity contribution is 5.79. The zero-order valence-corrected chi connectivity index (χ0v) is 9.71. The van der Waals surface area contributed by atoms with E-state index < -0.39 is 0 Å². The monoisotopic (exact) mass is 214 g/mol. The highest BCUT2D eigenvalue weighted by atomic mass is 16.5. The smallest absolute Gasteiger partial charge is 0.225 e. The fourth-order valence-electron chi connectivity index (χ4n) is 1.93. The van der Waals surface area contributed by atoms with Crippen molar-refractivity contribution >= 4 is 5.91 Å². The highest BCUT2D eigenvalue weighted by Gasteiger charge is 2.32. The molecule has 2 atom stereocenters. The standard InChI is InChI=1S/C11H22N2O2/c1-3-10-9(5-8-15-10)11(14)13-7-6-12-4-2/h9-10,12H,3-8H2,1-2H3,(H,13,14). The number of hydrogen-bond acceptors (Lipinski definition) is 3. The van der Waals surface area contributed by atoms with Gasteiger partial charge in [-0.25, -0.2) is 0 Å². The van der Waals surface area contributed by atoms with E-state index in [1.807, 2.05) is 0 Å². The molecule has 0 aromatic heterocycles. The van der Waals surface area contributed by atoms with E-state index in [1.165, 1.54) is 0 Å². The molecule has 0 radical (unpaired) electrons. The minimum absolute atomic E-state index is 0.0663. The van der Waals surface area contributed by atoms with E-state index in [-0.39, 0.29) is 17.9 Å². The van der Waals surface area contributed by atoms with E-state index >= 15 is 0 Å². The van der Waals surface area contributed by atoms with Crippen molar-refractivity contribution in [1.82, 2.24) is 10.6 Å². The lowest BCUT2D eigenvalue weighted by atomic mass is 9.99. The fourth-order valence-corrected chi connectivity index (χ4v) is 1.93. The Labute approximate surface area is 91.8 Å². The Hall–Kier alpha value is -0.610. The molecule has 88 valence electrons. The first kappa shape index (κ1) is 12.5. The van der Waals surface area contributed by atoms with Gasteiger partial charge in [0.2, 0.25) is 5.91 Å². The van der Waals surface area contributed by atoms with E-state index in [9.17, 15) is 4.79 Å². The molecule has 0 spiro atoms. The quantitative estimate of drug-likeness (QED) is 0.634. The largest absolute Gasteiger partial charge is 0.377 e. The first-order chi connectivity index (χ1) is 7.29. The number of carbonyl (C=O) groups is 1. The Balaban J connectivity index is 2.21. The molecule has 0 saturated carbocycles. The fraction of sp³-hybridized carbons (Fsp3) is 0.909. The van der Waals surface area contributed by atoms with Crippen LogP contribution >= 0.6 is 0 Å². The van der Waals surface area contributed by atoms with Crippen molar-refractivity contribution in [1.29, 1.82) is 0 Å². The molecular weight excluding hydrogens is 192 g/mol. The van der Waals surface area contributed by atoms with Crippen LogP contribution in [-0.2, 0) is 9.53 Å². The van der Waals surface area contributed by atoms with Crippen LogP contribution in [0.25, 0.3) is 0 Å². The van der Waals surface area contributed by atoms with E-state index in [4.69, 9.17) is 4.74 Å². The van der Waals surface area contributed by atoms with Crippen LogP contribution in [0.5, 0.6) is 0 Å². The average molecular weight is 214 g/mol. The van der Waals surface area contributed by atoms with Crippen molar-refractivity contribution in [2.75, 3.05) is 26.2 Å². The molecule has 4 nitrogen and oxygen atoms in total. The molecule has 0 aromatic rings. The third-order valence-electron chi connectivity index (χ3n) is 2.80. The van der Waals surface area contributed by atoms with Gasteiger partial charge in [-0.15, -0.1) is 0 Å². The maximum absolute atomic E-state index is 11.8. The number of ether oxygens (including phenoxy) is 1. The Bertz CT molecular complexity index is 197. The average Bonchev–Trinajstić information content (AvgIpc) is 2.72. The Kier molecular flexibility index (Phi) is 5.65. The summed E-state index contributed by atoms with van der Waals surface area (Å²) < 4.78 is 5.49. The van der Waals surface area contributed by atoms with Gasteiger partial charge in [-0.1, -0.05) is 13.8 Å². The predicted octanol–water partition coefficient (Wildman–Crippen LogP) is 0.527. The summed E-state index contributed by atoms with van der Waals surface area (Å²) in [5.74, 6) is 0.217. The van der Waals surface area contributed by atoms with Crippen LogP contribution in [0.3, 0.4) is 0 Å². The van der Waals surface area contributed by atoms with Gasteiger partial charge in [-0.2, -0.15) is 0 Å². The third-order valence-corrected chi connectivity index (χ3v) is 2.80. The molecule has 0 bridgehead atoms. The van der Waals surface area contributed by atoms with Gasteiger partial charge in [0, 0.05) is 19.7 Å². The maximum Gasteiger partial charge on any atom is 0.225 e. The molecule has 1 aliphatic rings. The summed E-state index contributed by atoms with van der Waals surface area (Å²) in [6.45, 7) is 7.34. The van der Waals surface area contributed by atoms with Crippen molar-refractivity contribution in [3.8, 4) is 0 Å². The molecule has 2 unspecified atom stereocenters. The number of amides is 1. The number of hydrogen-bond donors (Lipinski definition) is 2. The first-order valence-electron chi connectivity index (χ1n) is 5.89. The van der Waals surface area contributed by atoms with Gasteiger partial charge in [0.1, 0.15) is 0 Å². The summed E-state index contributed by atoms with van der Waals surface area (Å²) in [4.78, 5) is 11.8. The molecule has 2 N–H and O–H groups in total. The van der Waals surface area contributed by atoms with Crippen LogP contribution in [0.1, 0.15) is 26.7 Å². The molecule has 1 fully saturated rings. The van der Waals surface area contributed by atoms with Gasteiger partial charge in [0.15, 0.2) is 0 Å². The van der Waals surface area contributed by atoms with Gasteiger partial charge >= 0.3 is 0 Å². The van der Waals surface area contributed by atoms with Crippen molar-refractivity contribution in [2.45, 2.75) is 32.8 Å². The topological polar surface area (TPSA) is 50.4 Å². The second-order valence-corrected chi connectivity index (χ2v) is 3.86. The lowest BCUT2D eigenvalue weighted by molar-refractivity contribution is -0.126. The maximum atomic E-state index is 11.8. The summed E-state index contributed by atoms with van der Waals surface area (Å²) in [5, 5.41) is 6.12. The third kappa shape index (κ3) is 3.80. The Morgan fingerprint density at radius 2 is 2.20 bits per heavy atom. The molecule has 1 heterocycles. The molecule has 15 heavy (non-hydrogen) atoms. The summed E-state index contributed by atoms with van der Waals surface area (Å²) in [7, 11) is 0. The number of rotatable bonds is 6. The lowest BCUT2D eigenvalue weighted by Gasteiger charge is -2.16. The van der Waals surface area contributed by atoms with Gasteiger partial charge in [-0.3, -0.25) is 4.79 Å². The minimum Gasteiger partial charge on any atom is -0.377 e. The second-order valence-electron chi connectivity index (χ2n) is 3.86. The van der Waals surface area contributed by atoms with E-state index in [0.717, 1.165) is 32.5 Å². The van der Waals surface area contributed by atoms with Crippen molar-refractivity contribution in [3.63, 3.8) is 0 Å². The van der Waals surface area contributed by atoms with E-state index in [1.54, 1.807) is 0 Å². The van der Waals surface area contributed by atoms with Crippen LogP contribution in [0, 0.1) is 5.92 Å². The molecular formula is C11H22N2O2. The Morgan fingerprint density at radius 3 is 2.87 bits per heavy atom. The van der Waals surface area contributed by atoms with Crippen LogP contribution in [-0.4, -0.2) is 38.3 Å². The molecule has 0 aliphatic carbocycles. The van der Waals surface area contributed by atoms with Gasteiger partial charge in [0.05, 0.1) is 12.0 Å². The normalized spacial score (nSPS) is 25.5. The molecule has 1 saturated heterocycles. The van der Waals surface area contributed by atoms with Crippen molar-refractivity contribution in [3.05, 3.63) is 0 Å². The zero-order valence-electron chi connectivity index (χ0n) is 9.71. The van der Waals surface area contributed by atoms with Crippen LogP contribution in [0.4, 0.5) is 0 Å². The summed E-state index contributed by atoms with van der Waals surface area (Å²) in [6.07, 6.45) is 1.92. The predicted molar refractivity (Wildman–Crippen MR) is 59.7 cm³/mol. The number of likely N-dealkylation sites (N-methyl/N-ethyl adjacent to an activating group) is 1. The second kappa shape index (κ2) is 6.80. The summed E-state index contributed by atoms with van der Waals surface area (Å²) in [5.41, 5.74) is 0. The first-order valence-corrected chi connectivity index (χ1v) is 5.89. The van der Waals surface area contributed by atoms with E-state index in [0.29, 0.717) is 6.54 Å². The molecule has 1 amide bonds. The molecule has 0 aromatic carbocycles. The SMILES string of the molecule is CCNCCNC(=O)C1CCOC1CC. The minimum atomic E-state index is 0.0663. The van der Waals surface area contributed by atoms with E-state index in [2.05, 4.69) is 24.5 Å². The summed E-state index contributed by atoms with van der Waals surface area (Å²) in [6, 6.07) is 0. The van der Waals surface area contributed by atoms with Crippen LogP contribution in [0.15, 0.2) is 0 Å². The zero-order chi connectivity index (χ0) is 11.1. The van der Waals surface area contributed by atoms with Crippen molar-refractivity contribution < 1.29 is 9.53 Å². The summed E-state index contributed by atoms with van der Waals surface area (Å²) >= 11 is 0. The number of carbonyl (C=O) groups excluding carboxylic acids is 1. The molecule has 1 rings (SSSR count). The molecule has 4 heteroatoms. The number of nitrogens with one attached hydrogen (secondary N) is 2. The van der Waals surface area contributed by atoms with Crippen LogP contribution in [0.2, 0.25) is 0 Å². The van der Waals surface area contributed by atoms with Gasteiger partial charge < -0.3 is 15.4 Å². The van der Waals surface area contributed by atoms with Gasteiger partial charge in [0.25, 0.3) is 0 Å². The molecule has 1 aliphatic heterocycles. The highest BCUT2D eigenvalue weighted by Crippen LogP contribution is 2.23. The van der Waals surface area contributed by atoms with Crippen molar-refractivity contribution in [2.24, 2.45) is 5.92 Å². The lowest BCUT2D eigenvalue weighted by Crippen LogP contribution is -2.38. The Morgan fingerprint density at radius 1 is 1.40 bits per heavy atom.